The molecule has 2 aromatic rings. The molecule has 0 aliphatic carbocycles. The third-order valence-electron chi connectivity index (χ3n) is 4.12. The van der Waals surface area contributed by atoms with Gasteiger partial charge in [0.25, 0.3) is 5.56 Å². The number of nitrogens with one attached hydrogen (secondary N) is 1. The standard InChI is InChI=1S/C17H18N2O7/c1-24-14-13(26-16(22)10-5-3-2-4-6-10)11(9-20)25-15(14)19-8-7-12(21)18-17(19)23/h2-8,11,13-15,20H,9H2,1H3,(H,18,21,23)/t11-,13-,14-,15-/m1/s1. The van der Waals surface area contributed by atoms with Crippen LogP contribution in [0.3, 0.4) is 0 Å². The maximum atomic E-state index is 12.3. The van der Waals surface area contributed by atoms with Crippen molar-refractivity contribution in [1.29, 1.82) is 0 Å². The SMILES string of the molecule is CO[C@@H]1[C@H](OC(=O)c2ccccc2)[C@@H](CO)O[C@H]1n1ccc(=O)[nH]c1=O. The lowest BCUT2D eigenvalue weighted by Crippen LogP contribution is -2.41. The van der Waals surface area contributed by atoms with Gasteiger partial charge in [-0.2, -0.15) is 0 Å². The quantitative estimate of drug-likeness (QED) is 0.699. The van der Waals surface area contributed by atoms with E-state index >= 15 is 0 Å². The topological polar surface area (TPSA) is 120 Å². The first kappa shape index (κ1) is 18.1. The fraction of sp³-hybridized carbons (Fsp3) is 0.353. The highest BCUT2D eigenvalue weighted by Gasteiger charge is 2.48. The maximum absolute atomic E-state index is 12.3. The van der Waals surface area contributed by atoms with E-state index in [9.17, 15) is 19.5 Å². The van der Waals surface area contributed by atoms with Crippen molar-refractivity contribution in [3.63, 3.8) is 0 Å². The molecule has 1 fully saturated rings. The molecule has 9 heteroatoms. The van der Waals surface area contributed by atoms with Gasteiger partial charge in [0, 0.05) is 19.4 Å². The molecule has 1 aromatic heterocycles. The van der Waals surface area contributed by atoms with Crippen molar-refractivity contribution in [1.82, 2.24) is 9.55 Å². The van der Waals surface area contributed by atoms with Crippen molar-refractivity contribution in [2.24, 2.45) is 0 Å². The van der Waals surface area contributed by atoms with Gasteiger partial charge < -0.3 is 19.3 Å². The Morgan fingerprint density at radius 3 is 2.58 bits per heavy atom. The summed E-state index contributed by atoms with van der Waals surface area (Å²) in [5.74, 6) is -0.603. The molecule has 2 N–H and O–H groups in total. The lowest BCUT2D eigenvalue weighted by Gasteiger charge is -2.23. The van der Waals surface area contributed by atoms with E-state index in [1.54, 1.807) is 30.3 Å². The van der Waals surface area contributed by atoms with E-state index in [2.05, 4.69) is 4.98 Å². The van der Waals surface area contributed by atoms with Gasteiger partial charge in [-0.25, -0.2) is 9.59 Å². The largest absolute Gasteiger partial charge is 0.453 e. The number of rotatable bonds is 5. The molecule has 4 atom stereocenters. The third kappa shape index (κ3) is 3.45. The van der Waals surface area contributed by atoms with Crippen LogP contribution in [-0.2, 0) is 14.2 Å². The molecule has 0 spiro atoms. The molecule has 0 radical (unpaired) electrons. The van der Waals surface area contributed by atoms with Crippen LogP contribution in [0, 0.1) is 0 Å². The van der Waals surface area contributed by atoms with Crippen LogP contribution in [0.5, 0.6) is 0 Å². The first-order valence-electron chi connectivity index (χ1n) is 7.91. The zero-order chi connectivity index (χ0) is 18.7. The highest BCUT2D eigenvalue weighted by molar-refractivity contribution is 5.89. The van der Waals surface area contributed by atoms with Gasteiger partial charge in [0.05, 0.1) is 12.2 Å². The number of benzene rings is 1. The molecule has 1 aliphatic rings. The number of methoxy groups -OCH3 is 1. The average molecular weight is 362 g/mol. The van der Waals surface area contributed by atoms with Crippen molar-refractivity contribution >= 4 is 5.97 Å². The van der Waals surface area contributed by atoms with Crippen molar-refractivity contribution in [3.8, 4) is 0 Å². The number of aliphatic hydroxyl groups excluding tert-OH is 1. The summed E-state index contributed by atoms with van der Waals surface area (Å²) < 4.78 is 17.6. The Bertz CT molecular complexity index is 876. The zero-order valence-electron chi connectivity index (χ0n) is 13.9. The van der Waals surface area contributed by atoms with E-state index < -0.39 is 48.4 Å². The number of hydrogen-bond acceptors (Lipinski definition) is 7. The molecule has 1 aromatic carbocycles. The first-order valence-corrected chi connectivity index (χ1v) is 7.91. The molecular weight excluding hydrogens is 344 g/mol. The number of aliphatic hydroxyl groups is 1. The van der Waals surface area contributed by atoms with Gasteiger partial charge in [-0.1, -0.05) is 18.2 Å². The van der Waals surface area contributed by atoms with Crippen LogP contribution < -0.4 is 11.2 Å². The zero-order valence-corrected chi connectivity index (χ0v) is 13.9. The van der Waals surface area contributed by atoms with Crippen molar-refractivity contribution < 1.29 is 24.1 Å². The molecule has 1 aliphatic heterocycles. The Balaban J connectivity index is 1.88. The molecule has 0 amide bonds. The Labute approximate surface area is 147 Å². The van der Waals surface area contributed by atoms with Crippen molar-refractivity contribution in [2.75, 3.05) is 13.7 Å². The molecule has 2 heterocycles. The van der Waals surface area contributed by atoms with E-state index in [0.29, 0.717) is 5.56 Å². The smallest absolute Gasteiger partial charge is 0.338 e. The Morgan fingerprint density at radius 2 is 1.96 bits per heavy atom. The van der Waals surface area contributed by atoms with Gasteiger partial charge in [-0.05, 0) is 12.1 Å². The lowest BCUT2D eigenvalue weighted by molar-refractivity contribution is -0.0625. The van der Waals surface area contributed by atoms with E-state index in [1.807, 2.05) is 0 Å². The Morgan fingerprint density at radius 1 is 1.23 bits per heavy atom. The minimum atomic E-state index is -0.977. The van der Waals surface area contributed by atoms with Crippen LogP contribution in [0.4, 0.5) is 0 Å². The van der Waals surface area contributed by atoms with Crippen LogP contribution in [0.1, 0.15) is 16.6 Å². The second-order valence-corrected chi connectivity index (χ2v) is 5.70. The highest BCUT2D eigenvalue weighted by Crippen LogP contribution is 2.32. The van der Waals surface area contributed by atoms with Gasteiger partial charge in [0.15, 0.2) is 12.3 Å². The number of ether oxygens (including phenoxy) is 3. The molecular formula is C17H18N2O7. The number of hydrogen-bond donors (Lipinski definition) is 2. The van der Waals surface area contributed by atoms with E-state index in [1.165, 1.54) is 13.3 Å². The van der Waals surface area contributed by atoms with Gasteiger partial charge in [0.1, 0.15) is 12.2 Å². The van der Waals surface area contributed by atoms with Crippen molar-refractivity contribution in [2.45, 2.75) is 24.5 Å². The predicted molar refractivity (Wildman–Crippen MR) is 88.8 cm³/mol. The van der Waals surface area contributed by atoms with Crippen LogP contribution in [0.2, 0.25) is 0 Å². The maximum Gasteiger partial charge on any atom is 0.338 e. The summed E-state index contributed by atoms with van der Waals surface area (Å²) in [7, 11) is 1.38. The second-order valence-electron chi connectivity index (χ2n) is 5.70. The van der Waals surface area contributed by atoms with Crippen LogP contribution in [0.15, 0.2) is 52.2 Å². The normalized spacial score (nSPS) is 25.2. The number of carbonyl (C=O) groups excluding carboxylic acids is 1. The summed E-state index contributed by atoms with van der Waals surface area (Å²) in [4.78, 5) is 37.7. The average Bonchev–Trinajstić information content (AvgIpc) is 2.99. The summed E-state index contributed by atoms with van der Waals surface area (Å²) in [6.07, 6.45) is -2.41. The number of carbonyl (C=O) groups is 1. The molecule has 1 saturated heterocycles. The lowest BCUT2D eigenvalue weighted by atomic mass is 10.1. The number of aromatic nitrogens is 2. The summed E-state index contributed by atoms with van der Waals surface area (Å²) in [6.45, 7) is -0.443. The monoisotopic (exact) mass is 362 g/mol. The van der Waals surface area contributed by atoms with Crippen LogP contribution in [-0.4, -0.2) is 52.7 Å². The minimum absolute atomic E-state index is 0.337. The fourth-order valence-corrected chi connectivity index (χ4v) is 2.87. The van der Waals surface area contributed by atoms with Crippen LogP contribution in [0.25, 0.3) is 0 Å². The Hall–Kier alpha value is -2.75. The number of H-pyrrole nitrogens is 1. The third-order valence-corrected chi connectivity index (χ3v) is 4.12. The first-order chi connectivity index (χ1) is 12.5. The van der Waals surface area contributed by atoms with Crippen molar-refractivity contribution in [3.05, 3.63) is 69.0 Å². The predicted octanol–water partition coefficient (Wildman–Crippen LogP) is -0.333. The minimum Gasteiger partial charge on any atom is -0.453 e. The van der Waals surface area contributed by atoms with E-state index in [0.717, 1.165) is 10.6 Å². The highest BCUT2D eigenvalue weighted by atomic mass is 16.6. The van der Waals surface area contributed by atoms with E-state index in [4.69, 9.17) is 14.2 Å². The Kier molecular flexibility index (Phi) is 5.31. The van der Waals surface area contributed by atoms with E-state index in [-0.39, 0.29) is 0 Å². The fourth-order valence-electron chi connectivity index (χ4n) is 2.87. The molecule has 0 unspecified atom stereocenters. The summed E-state index contributed by atoms with van der Waals surface area (Å²) >= 11 is 0. The van der Waals surface area contributed by atoms with Gasteiger partial charge >= 0.3 is 11.7 Å². The second kappa shape index (κ2) is 7.65. The summed E-state index contributed by atoms with van der Waals surface area (Å²) in [6, 6.07) is 9.51. The molecule has 3 rings (SSSR count). The van der Waals surface area contributed by atoms with Gasteiger partial charge in [-0.15, -0.1) is 0 Å². The molecule has 0 bridgehead atoms. The number of nitrogens with zero attached hydrogens (tertiary/aromatic N) is 1. The summed E-state index contributed by atoms with van der Waals surface area (Å²) in [5.41, 5.74) is -0.913. The molecule has 0 saturated carbocycles. The van der Waals surface area contributed by atoms with Gasteiger partial charge in [0.2, 0.25) is 0 Å². The molecule has 26 heavy (non-hydrogen) atoms. The van der Waals surface area contributed by atoms with Gasteiger partial charge in [-0.3, -0.25) is 14.3 Å². The van der Waals surface area contributed by atoms with Crippen LogP contribution >= 0.6 is 0 Å². The number of esters is 1. The number of aromatic amines is 1. The molecule has 138 valence electrons. The summed E-state index contributed by atoms with van der Waals surface area (Å²) in [5, 5.41) is 9.59. The molecule has 9 nitrogen and oxygen atoms in total.